The van der Waals surface area contributed by atoms with Crippen molar-refractivity contribution in [1.82, 2.24) is 5.32 Å². The van der Waals surface area contributed by atoms with Crippen LogP contribution in [-0.2, 0) is 22.0 Å². The molecular weight excluding hydrogens is 490 g/mol. The minimum atomic E-state index is -0.144. The van der Waals surface area contributed by atoms with Gasteiger partial charge in [-0.15, -0.1) is 0 Å². The highest BCUT2D eigenvalue weighted by Crippen LogP contribution is 2.40. The van der Waals surface area contributed by atoms with E-state index in [1.54, 1.807) is 0 Å². The molecule has 0 aliphatic carbocycles. The van der Waals surface area contributed by atoms with Gasteiger partial charge in [-0.25, -0.2) is 0 Å². The highest BCUT2D eigenvalue weighted by molar-refractivity contribution is 5.76. The Morgan fingerprint density at radius 1 is 0.625 bits per heavy atom. The zero-order valence-corrected chi connectivity index (χ0v) is 27.9. The average molecular weight is 558 g/mol. The Morgan fingerprint density at radius 3 is 1.32 bits per heavy atom. The van der Waals surface area contributed by atoms with Crippen LogP contribution in [0, 0.1) is 0 Å². The molecule has 0 spiro atoms. The van der Waals surface area contributed by atoms with Crippen LogP contribution in [0.3, 0.4) is 0 Å². The molecule has 0 saturated carbocycles. The first-order valence-corrected chi connectivity index (χ1v) is 17.1. The van der Waals surface area contributed by atoms with Crippen molar-refractivity contribution in [2.75, 3.05) is 6.54 Å². The SMILES string of the molecule is CCCCCCCCCCCCCCCCCCCCNC(=O)CCc1cc(C(C)(C)C)c(O)c(C(C)(C)C)c1. The number of carbonyl (C=O) groups is 1. The molecule has 1 amide bonds. The third kappa shape index (κ3) is 16.7. The number of rotatable bonds is 22. The molecule has 0 aliphatic heterocycles. The molecular formula is C37H67NO2. The van der Waals surface area contributed by atoms with Crippen molar-refractivity contribution in [3.63, 3.8) is 0 Å². The van der Waals surface area contributed by atoms with Crippen molar-refractivity contribution in [3.05, 3.63) is 28.8 Å². The lowest BCUT2D eigenvalue weighted by molar-refractivity contribution is -0.121. The number of unbranched alkanes of at least 4 members (excludes halogenated alkanes) is 17. The molecule has 3 heteroatoms. The minimum Gasteiger partial charge on any atom is -0.507 e. The maximum absolute atomic E-state index is 12.5. The van der Waals surface area contributed by atoms with E-state index in [1.807, 2.05) is 0 Å². The van der Waals surface area contributed by atoms with Crippen molar-refractivity contribution < 1.29 is 9.90 Å². The average Bonchev–Trinajstić information content (AvgIpc) is 2.88. The number of hydrogen-bond acceptors (Lipinski definition) is 2. The molecule has 0 saturated heterocycles. The summed E-state index contributed by atoms with van der Waals surface area (Å²) in [6, 6.07) is 4.18. The fourth-order valence-corrected chi connectivity index (χ4v) is 5.58. The van der Waals surface area contributed by atoms with Crippen molar-refractivity contribution >= 4 is 5.91 Å². The van der Waals surface area contributed by atoms with E-state index in [-0.39, 0.29) is 16.7 Å². The standard InChI is InChI=1S/C37H67NO2/c1-8-9-10-11-12-13-14-15-16-17-18-19-20-21-22-23-24-25-28-38-34(39)27-26-31-29-32(36(2,3)4)35(40)33(30-31)37(5,6)7/h29-30,40H,8-28H2,1-7H3,(H,38,39). The third-order valence-corrected chi connectivity index (χ3v) is 8.28. The summed E-state index contributed by atoms with van der Waals surface area (Å²) in [5.74, 6) is 0.539. The summed E-state index contributed by atoms with van der Waals surface area (Å²) >= 11 is 0. The first kappa shape index (κ1) is 36.5. The first-order chi connectivity index (χ1) is 19.0. The van der Waals surface area contributed by atoms with E-state index in [9.17, 15) is 9.90 Å². The van der Waals surface area contributed by atoms with Crippen molar-refractivity contribution in [2.24, 2.45) is 0 Å². The Kier molecular flexibility index (Phi) is 18.6. The molecule has 1 aromatic carbocycles. The van der Waals surface area contributed by atoms with E-state index in [2.05, 4.69) is 65.9 Å². The lowest BCUT2D eigenvalue weighted by Crippen LogP contribution is -2.24. The quantitative estimate of drug-likeness (QED) is 0.139. The number of benzene rings is 1. The Labute approximate surface area is 249 Å². The van der Waals surface area contributed by atoms with Crippen LogP contribution in [-0.4, -0.2) is 17.6 Å². The Balaban J connectivity index is 2.07. The number of phenolic OH excluding ortho intramolecular Hbond substituents is 1. The summed E-state index contributed by atoms with van der Waals surface area (Å²) in [7, 11) is 0. The molecule has 0 heterocycles. The predicted molar refractivity (Wildman–Crippen MR) is 176 cm³/mol. The van der Waals surface area contributed by atoms with Crippen molar-refractivity contribution in [3.8, 4) is 5.75 Å². The molecule has 0 aliphatic rings. The zero-order chi connectivity index (χ0) is 29.9. The van der Waals surface area contributed by atoms with Gasteiger partial charge in [0, 0.05) is 13.0 Å². The Hall–Kier alpha value is -1.51. The minimum absolute atomic E-state index is 0.134. The van der Waals surface area contributed by atoms with Crippen molar-refractivity contribution in [2.45, 2.75) is 188 Å². The molecule has 0 fully saturated rings. The molecule has 232 valence electrons. The summed E-state index contributed by atoms with van der Waals surface area (Å²) < 4.78 is 0. The second-order valence-corrected chi connectivity index (χ2v) is 14.4. The second kappa shape index (κ2) is 20.4. The molecule has 3 nitrogen and oxygen atoms in total. The van der Waals surface area contributed by atoms with E-state index in [4.69, 9.17) is 0 Å². The molecule has 0 atom stereocenters. The van der Waals surface area contributed by atoms with E-state index >= 15 is 0 Å². The second-order valence-electron chi connectivity index (χ2n) is 14.4. The van der Waals surface area contributed by atoms with Crippen LogP contribution in [0.2, 0.25) is 0 Å². The van der Waals surface area contributed by atoms with Crippen LogP contribution in [0.1, 0.15) is 187 Å². The van der Waals surface area contributed by atoms with Gasteiger partial charge in [-0.05, 0) is 40.4 Å². The molecule has 0 bridgehead atoms. The van der Waals surface area contributed by atoms with Crippen LogP contribution in [0.4, 0.5) is 0 Å². The molecule has 0 aromatic heterocycles. The lowest BCUT2D eigenvalue weighted by Gasteiger charge is -2.28. The van der Waals surface area contributed by atoms with E-state index in [1.165, 1.54) is 109 Å². The fourth-order valence-electron chi connectivity index (χ4n) is 5.58. The lowest BCUT2D eigenvalue weighted by atomic mass is 9.78. The predicted octanol–water partition coefficient (Wildman–Crippen LogP) is 11.1. The summed E-state index contributed by atoms with van der Waals surface area (Å²) in [5.41, 5.74) is 2.78. The highest BCUT2D eigenvalue weighted by Gasteiger charge is 2.26. The number of aryl methyl sites for hydroxylation is 1. The maximum atomic E-state index is 12.5. The number of hydrogen-bond donors (Lipinski definition) is 2. The van der Waals surface area contributed by atoms with Gasteiger partial charge in [0.1, 0.15) is 5.75 Å². The van der Waals surface area contributed by atoms with E-state index < -0.39 is 0 Å². The van der Waals surface area contributed by atoms with Gasteiger partial charge in [0.15, 0.2) is 0 Å². The Morgan fingerprint density at radius 2 is 0.975 bits per heavy atom. The van der Waals surface area contributed by atoms with Crippen molar-refractivity contribution in [1.29, 1.82) is 0 Å². The van der Waals surface area contributed by atoms with Gasteiger partial charge in [0.25, 0.3) is 0 Å². The summed E-state index contributed by atoms with van der Waals surface area (Å²) in [6.45, 7) is 15.9. The van der Waals surface area contributed by atoms with E-state index in [0.29, 0.717) is 18.6 Å². The van der Waals surface area contributed by atoms with Gasteiger partial charge < -0.3 is 10.4 Å². The molecule has 2 N–H and O–H groups in total. The zero-order valence-electron chi connectivity index (χ0n) is 27.9. The molecule has 0 unspecified atom stereocenters. The number of aromatic hydroxyl groups is 1. The van der Waals surface area contributed by atoms with Crippen LogP contribution in [0.5, 0.6) is 5.75 Å². The van der Waals surface area contributed by atoms with Gasteiger partial charge >= 0.3 is 0 Å². The molecule has 1 rings (SSSR count). The van der Waals surface area contributed by atoms with Gasteiger partial charge in [0.2, 0.25) is 5.91 Å². The molecule has 0 radical (unpaired) electrons. The fraction of sp³-hybridized carbons (Fsp3) is 0.811. The van der Waals surface area contributed by atoms with Gasteiger partial charge in [-0.3, -0.25) is 4.79 Å². The highest BCUT2D eigenvalue weighted by atomic mass is 16.3. The summed E-state index contributed by atoms with van der Waals surface area (Å²) in [5, 5.41) is 14.0. The van der Waals surface area contributed by atoms with Crippen LogP contribution in [0.25, 0.3) is 0 Å². The van der Waals surface area contributed by atoms with Crippen LogP contribution in [0.15, 0.2) is 12.1 Å². The molecule has 40 heavy (non-hydrogen) atoms. The monoisotopic (exact) mass is 558 g/mol. The normalized spacial score (nSPS) is 12.2. The van der Waals surface area contributed by atoms with Gasteiger partial charge in [-0.1, -0.05) is 170 Å². The number of nitrogens with one attached hydrogen (secondary N) is 1. The largest absolute Gasteiger partial charge is 0.507 e. The third-order valence-electron chi connectivity index (χ3n) is 8.28. The smallest absolute Gasteiger partial charge is 0.220 e. The van der Waals surface area contributed by atoms with Crippen LogP contribution >= 0.6 is 0 Å². The number of phenols is 1. The topological polar surface area (TPSA) is 49.3 Å². The first-order valence-electron chi connectivity index (χ1n) is 17.1. The number of carbonyl (C=O) groups excluding carboxylic acids is 1. The molecule has 1 aromatic rings. The van der Waals surface area contributed by atoms with Gasteiger partial charge in [-0.2, -0.15) is 0 Å². The Bertz CT molecular complexity index is 764. The van der Waals surface area contributed by atoms with Gasteiger partial charge in [0.05, 0.1) is 0 Å². The summed E-state index contributed by atoms with van der Waals surface area (Å²) in [4.78, 5) is 12.5. The maximum Gasteiger partial charge on any atom is 0.220 e. The number of amides is 1. The van der Waals surface area contributed by atoms with Crippen LogP contribution < -0.4 is 5.32 Å². The van der Waals surface area contributed by atoms with E-state index in [0.717, 1.165) is 29.7 Å². The summed E-state index contributed by atoms with van der Waals surface area (Å²) in [6.07, 6.45) is 26.0.